The quantitative estimate of drug-likeness (QED) is 0.470. The van der Waals surface area contributed by atoms with Gasteiger partial charge in [-0.15, -0.1) is 0 Å². The third kappa shape index (κ3) is 3.31. The van der Waals surface area contributed by atoms with Gasteiger partial charge in [0.15, 0.2) is 5.11 Å². The van der Waals surface area contributed by atoms with Crippen LogP contribution in [0.15, 0.2) is 24.3 Å². The maximum Gasteiger partial charge on any atom is 0.269 e. The van der Waals surface area contributed by atoms with E-state index in [9.17, 15) is 14.9 Å². The Labute approximate surface area is 132 Å². The van der Waals surface area contributed by atoms with Crippen LogP contribution >= 0.6 is 12.2 Å². The Morgan fingerprint density at radius 1 is 1.59 bits per heavy atom. The third-order valence-electron chi connectivity index (χ3n) is 3.55. The molecule has 22 heavy (non-hydrogen) atoms. The van der Waals surface area contributed by atoms with Crippen molar-refractivity contribution in [2.75, 3.05) is 20.3 Å². The number of nitro benzene ring substituents is 1. The molecule has 0 radical (unpaired) electrons. The van der Waals surface area contributed by atoms with E-state index in [1.165, 1.54) is 24.2 Å². The first-order valence-electron chi connectivity index (χ1n) is 6.49. The molecule has 0 saturated carbocycles. The number of thiocarbonyl (C=S) groups is 1. The molecule has 1 aliphatic heterocycles. The molecule has 1 amide bonds. The van der Waals surface area contributed by atoms with Gasteiger partial charge in [0.05, 0.1) is 23.6 Å². The molecule has 1 aromatic rings. The number of nitrogens with zero attached hydrogens (tertiary/aromatic N) is 2. The van der Waals surface area contributed by atoms with E-state index in [1.807, 2.05) is 0 Å². The van der Waals surface area contributed by atoms with E-state index >= 15 is 0 Å². The summed E-state index contributed by atoms with van der Waals surface area (Å²) in [6, 6.07) is 6.26. The number of hydrogen-bond donors (Lipinski definition) is 2. The van der Waals surface area contributed by atoms with Crippen LogP contribution in [0.1, 0.15) is 12.0 Å². The lowest BCUT2D eigenvalue weighted by Crippen LogP contribution is -2.53. The van der Waals surface area contributed by atoms with E-state index < -0.39 is 10.3 Å². The van der Waals surface area contributed by atoms with Gasteiger partial charge in [0.25, 0.3) is 5.69 Å². The van der Waals surface area contributed by atoms with E-state index in [0.717, 1.165) is 0 Å². The van der Waals surface area contributed by atoms with Crippen molar-refractivity contribution in [3.63, 3.8) is 0 Å². The van der Waals surface area contributed by atoms with Crippen LogP contribution < -0.4 is 11.2 Å². The predicted octanol–water partition coefficient (Wildman–Crippen LogP) is 0.459. The molecular formula is C13H16N4O4S. The van der Waals surface area contributed by atoms with Crippen LogP contribution in [-0.2, 0) is 14.9 Å². The Kier molecular flexibility index (Phi) is 4.57. The fourth-order valence-electron chi connectivity index (χ4n) is 2.26. The highest BCUT2D eigenvalue weighted by Crippen LogP contribution is 2.37. The molecule has 8 nitrogen and oxygen atoms in total. The predicted molar refractivity (Wildman–Crippen MR) is 82.9 cm³/mol. The van der Waals surface area contributed by atoms with Gasteiger partial charge < -0.3 is 10.5 Å². The summed E-state index contributed by atoms with van der Waals surface area (Å²) in [6.07, 6.45) is 0.126. The lowest BCUT2D eigenvalue weighted by atomic mass is 9.75. The zero-order valence-corrected chi connectivity index (χ0v) is 12.8. The van der Waals surface area contributed by atoms with Crippen LogP contribution in [0.3, 0.4) is 0 Å². The number of ether oxygens (including phenoxy) is 1. The van der Waals surface area contributed by atoms with Crippen LogP contribution in [0, 0.1) is 10.1 Å². The van der Waals surface area contributed by atoms with Crippen LogP contribution in [0.5, 0.6) is 0 Å². The fraction of sp³-hybridized carbons (Fsp3) is 0.385. The van der Waals surface area contributed by atoms with Gasteiger partial charge in [-0.25, -0.2) is 0 Å². The van der Waals surface area contributed by atoms with Gasteiger partial charge in [0.1, 0.15) is 0 Å². The van der Waals surface area contributed by atoms with E-state index in [-0.39, 0.29) is 23.1 Å². The van der Waals surface area contributed by atoms with Gasteiger partial charge in [-0.2, -0.15) is 0 Å². The van der Waals surface area contributed by atoms with Crippen molar-refractivity contribution in [2.24, 2.45) is 5.73 Å². The number of hydrogen-bond acceptors (Lipinski definition) is 5. The van der Waals surface area contributed by atoms with Gasteiger partial charge in [-0.3, -0.25) is 25.3 Å². The molecular weight excluding hydrogens is 308 g/mol. The molecule has 118 valence electrons. The minimum absolute atomic E-state index is 0.00978. The van der Waals surface area contributed by atoms with E-state index in [1.54, 1.807) is 12.1 Å². The normalized spacial score (nSPS) is 15.5. The van der Waals surface area contributed by atoms with Crippen LogP contribution in [0.4, 0.5) is 5.69 Å². The molecule has 1 fully saturated rings. The summed E-state index contributed by atoms with van der Waals surface area (Å²) in [6.45, 7) is 0.663. The number of amides is 1. The number of benzene rings is 1. The summed E-state index contributed by atoms with van der Waals surface area (Å²) in [4.78, 5) is 22.5. The average Bonchev–Trinajstić information content (AvgIpc) is 2.42. The number of carbonyl (C=O) groups is 1. The maximum atomic E-state index is 12.1. The molecule has 2 rings (SSSR count). The Bertz CT molecular complexity index is 618. The second-order valence-corrected chi connectivity index (χ2v) is 5.61. The van der Waals surface area contributed by atoms with Crippen molar-refractivity contribution in [1.29, 1.82) is 0 Å². The van der Waals surface area contributed by atoms with Crippen LogP contribution in [0.2, 0.25) is 0 Å². The molecule has 0 bridgehead atoms. The Morgan fingerprint density at radius 3 is 2.77 bits per heavy atom. The first-order valence-corrected chi connectivity index (χ1v) is 6.90. The number of nitrogens with two attached hydrogens (primary N) is 1. The van der Waals surface area contributed by atoms with E-state index in [2.05, 4.69) is 5.43 Å². The van der Waals surface area contributed by atoms with Gasteiger partial charge in [-0.05, 0) is 17.8 Å². The molecule has 0 spiro atoms. The van der Waals surface area contributed by atoms with Crippen molar-refractivity contribution in [1.82, 2.24) is 10.4 Å². The summed E-state index contributed by atoms with van der Waals surface area (Å²) in [7, 11) is 1.54. The summed E-state index contributed by atoms with van der Waals surface area (Å²) in [5.41, 5.74) is 8.09. The number of nitro groups is 1. The van der Waals surface area contributed by atoms with Crippen molar-refractivity contribution >= 4 is 28.9 Å². The molecule has 3 N–H and O–H groups in total. The third-order valence-corrected chi connectivity index (χ3v) is 3.82. The summed E-state index contributed by atoms with van der Waals surface area (Å²) in [5, 5.41) is 12.2. The highest BCUT2D eigenvalue weighted by Gasteiger charge is 2.43. The minimum Gasteiger partial charge on any atom is -0.379 e. The molecule has 0 atom stereocenters. The van der Waals surface area contributed by atoms with Gasteiger partial charge in [0, 0.05) is 25.6 Å². The van der Waals surface area contributed by atoms with Crippen LogP contribution in [-0.4, -0.2) is 41.2 Å². The zero-order valence-electron chi connectivity index (χ0n) is 11.9. The molecule has 0 aliphatic carbocycles. The number of hydrazine groups is 1. The molecule has 1 saturated heterocycles. The van der Waals surface area contributed by atoms with E-state index in [0.29, 0.717) is 18.8 Å². The van der Waals surface area contributed by atoms with Gasteiger partial charge >= 0.3 is 0 Å². The van der Waals surface area contributed by atoms with E-state index in [4.69, 9.17) is 22.7 Å². The lowest BCUT2D eigenvalue weighted by molar-refractivity contribution is -0.385. The average molecular weight is 324 g/mol. The Hall–Kier alpha value is -2.26. The van der Waals surface area contributed by atoms with Crippen molar-refractivity contribution < 1.29 is 14.5 Å². The first-order chi connectivity index (χ1) is 10.3. The molecule has 0 aromatic heterocycles. The number of rotatable bonds is 4. The lowest BCUT2D eigenvalue weighted by Gasteiger charge is -2.41. The second kappa shape index (κ2) is 6.24. The van der Waals surface area contributed by atoms with Gasteiger partial charge in [-0.1, -0.05) is 12.1 Å². The van der Waals surface area contributed by atoms with Gasteiger partial charge in [0.2, 0.25) is 5.91 Å². The van der Waals surface area contributed by atoms with Crippen LogP contribution in [0.25, 0.3) is 0 Å². The molecule has 0 unspecified atom stereocenters. The number of carbonyl (C=O) groups excluding carboxylic acids is 1. The molecule has 1 heterocycles. The Balaban J connectivity index is 2.15. The highest BCUT2D eigenvalue weighted by atomic mass is 32.1. The maximum absolute atomic E-state index is 12.1. The SMILES string of the molecule is CN(NC(=O)CC1(c2cccc([N+](=O)[O-])c2)COC1)C(N)=S. The summed E-state index contributed by atoms with van der Waals surface area (Å²) in [5.74, 6) is -0.287. The molecule has 1 aliphatic rings. The molecule has 9 heteroatoms. The minimum atomic E-state index is -0.562. The van der Waals surface area contributed by atoms with Crippen molar-refractivity contribution in [3.05, 3.63) is 39.9 Å². The monoisotopic (exact) mass is 324 g/mol. The Morgan fingerprint density at radius 2 is 2.27 bits per heavy atom. The fourth-order valence-corrected chi connectivity index (χ4v) is 2.30. The number of nitrogens with one attached hydrogen (secondary N) is 1. The van der Waals surface area contributed by atoms with Crippen molar-refractivity contribution in [2.45, 2.75) is 11.8 Å². The summed E-state index contributed by atoms with van der Waals surface area (Å²) < 4.78 is 5.23. The zero-order chi connectivity index (χ0) is 16.3. The van der Waals surface area contributed by atoms with Crippen molar-refractivity contribution in [3.8, 4) is 0 Å². The number of non-ortho nitro benzene ring substituents is 1. The molecule has 1 aromatic carbocycles. The first kappa shape index (κ1) is 16.1. The smallest absolute Gasteiger partial charge is 0.269 e. The standard InChI is InChI=1S/C13H16N4O4S/c1-16(12(14)22)15-11(18)6-13(7-21-8-13)9-3-2-4-10(5-9)17(19)20/h2-5H,6-8H2,1H3,(H2,14,22)(H,15,18). The summed E-state index contributed by atoms with van der Waals surface area (Å²) >= 11 is 4.75. The topological polar surface area (TPSA) is 111 Å². The second-order valence-electron chi connectivity index (χ2n) is 5.19. The highest BCUT2D eigenvalue weighted by molar-refractivity contribution is 7.80. The largest absolute Gasteiger partial charge is 0.379 e.